The molecule has 1 unspecified atom stereocenters. The number of benzene rings is 1. The van der Waals surface area contributed by atoms with Gasteiger partial charge in [0.25, 0.3) is 0 Å². The van der Waals surface area contributed by atoms with E-state index < -0.39 is 0 Å². The molecule has 0 spiro atoms. The van der Waals surface area contributed by atoms with Crippen molar-refractivity contribution in [2.45, 2.75) is 62.9 Å². The van der Waals surface area contributed by atoms with Crippen LogP contribution in [0.5, 0.6) is 0 Å². The fourth-order valence-electron chi connectivity index (χ4n) is 4.64. The Bertz CT molecular complexity index is 486. The Labute approximate surface area is 129 Å². The van der Waals surface area contributed by atoms with Crippen LogP contribution < -0.4 is 5.32 Å². The zero-order chi connectivity index (χ0) is 14.9. The molecule has 21 heavy (non-hydrogen) atoms. The molecule has 2 heteroatoms. The van der Waals surface area contributed by atoms with Crippen molar-refractivity contribution in [3.63, 3.8) is 0 Å². The van der Waals surface area contributed by atoms with E-state index in [1.165, 1.54) is 50.5 Å². The van der Waals surface area contributed by atoms with Crippen LogP contribution in [0, 0.1) is 0 Å². The van der Waals surface area contributed by atoms with Crippen molar-refractivity contribution in [2.24, 2.45) is 0 Å². The quantitative estimate of drug-likeness (QED) is 0.894. The van der Waals surface area contributed by atoms with Gasteiger partial charge in [-0.3, -0.25) is 0 Å². The Kier molecular flexibility index (Phi) is 4.37. The molecule has 1 fully saturated rings. The van der Waals surface area contributed by atoms with E-state index >= 15 is 0 Å². The van der Waals surface area contributed by atoms with Gasteiger partial charge in [-0.1, -0.05) is 31.0 Å². The van der Waals surface area contributed by atoms with Gasteiger partial charge in [-0.25, -0.2) is 0 Å². The average molecular weight is 286 g/mol. The van der Waals surface area contributed by atoms with Crippen LogP contribution in [0.2, 0.25) is 0 Å². The van der Waals surface area contributed by atoms with Gasteiger partial charge in [0.05, 0.1) is 0 Å². The topological polar surface area (TPSA) is 15.3 Å². The second-order valence-electron chi connectivity index (χ2n) is 7.21. The molecule has 0 bridgehead atoms. The third kappa shape index (κ3) is 2.76. The molecule has 2 nitrogen and oxygen atoms in total. The smallest absolute Gasteiger partial charge is 0.0359 e. The highest BCUT2D eigenvalue weighted by atomic mass is 15.2. The minimum Gasteiger partial charge on any atom is -0.315 e. The largest absolute Gasteiger partial charge is 0.315 e. The Morgan fingerprint density at radius 1 is 1.10 bits per heavy atom. The lowest BCUT2D eigenvalue weighted by Gasteiger charge is -2.43. The molecular weight excluding hydrogens is 256 g/mol. The zero-order valence-corrected chi connectivity index (χ0v) is 13.9. The molecule has 0 radical (unpaired) electrons. The second-order valence-corrected chi connectivity index (χ2v) is 7.21. The lowest BCUT2D eigenvalue weighted by Crippen LogP contribution is -2.57. The molecule has 0 amide bonds. The number of hydrogen-bond donors (Lipinski definition) is 1. The number of aryl methyl sites for hydroxylation is 2. The Morgan fingerprint density at radius 2 is 1.81 bits per heavy atom. The maximum absolute atomic E-state index is 3.64. The van der Waals surface area contributed by atoms with Crippen LogP contribution in [0.1, 0.15) is 48.8 Å². The van der Waals surface area contributed by atoms with Gasteiger partial charge in [-0.2, -0.15) is 0 Å². The Morgan fingerprint density at radius 3 is 2.48 bits per heavy atom. The highest BCUT2D eigenvalue weighted by Gasteiger charge is 2.42. The minimum absolute atomic E-state index is 0.341. The van der Waals surface area contributed by atoms with E-state index in [-0.39, 0.29) is 0 Å². The first-order valence-corrected chi connectivity index (χ1v) is 8.61. The van der Waals surface area contributed by atoms with E-state index in [2.05, 4.69) is 49.6 Å². The fourth-order valence-corrected chi connectivity index (χ4v) is 4.64. The van der Waals surface area contributed by atoms with Crippen molar-refractivity contribution in [3.05, 3.63) is 34.9 Å². The summed E-state index contributed by atoms with van der Waals surface area (Å²) in [6, 6.07) is 7.77. The van der Waals surface area contributed by atoms with Crippen LogP contribution in [-0.2, 0) is 19.3 Å². The van der Waals surface area contributed by atoms with E-state index in [1.807, 2.05) is 0 Å². The number of fused-ring (bicyclic) bond motifs is 1. The summed E-state index contributed by atoms with van der Waals surface area (Å²) in [6.45, 7) is 0. The predicted molar refractivity (Wildman–Crippen MR) is 89.9 cm³/mol. The van der Waals surface area contributed by atoms with Crippen LogP contribution in [0.3, 0.4) is 0 Å². The summed E-state index contributed by atoms with van der Waals surface area (Å²) in [7, 11) is 6.66. The van der Waals surface area contributed by atoms with Crippen molar-refractivity contribution in [2.75, 3.05) is 21.1 Å². The van der Waals surface area contributed by atoms with Gasteiger partial charge in [0.1, 0.15) is 0 Å². The number of nitrogens with one attached hydrogen (secondary N) is 1. The monoisotopic (exact) mass is 286 g/mol. The molecule has 0 aromatic heterocycles. The summed E-state index contributed by atoms with van der Waals surface area (Å²) in [6.07, 6.45) is 10.5. The maximum Gasteiger partial charge on any atom is 0.0359 e. The molecule has 1 aromatic rings. The molecule has 1 aromatic carbocycles. The summed E-state index contributed by atoms with van der Waals surface area (Å²) in [5.74, 6) is 0. The summed E-state index contributed by atoms with van der Waals surface area (Å²) < 4.78 is 0. The third-order valence-corrected chi connectivity index (χ3v) is 5.96. The van der Waals surface area contributed by atoms with E-state index in [0.717, 1.165) is 6.42 Å². The van der Waals surface area contributed by atoms with Gasteiger partial charge in [0, 0.05) is 11.6 Å². The second kappa shape index (κ2) is 6.10. The first kappa shape index (κ1) is 15.1. The first-order chi connectivity index (χ1) is 10.2. The maximum atomic E-state index is 3.64. The van der Waals surface area contributed by atoms with Crippen molar-refractivity contribution < 1.29 is 0 Å². The molecule has 0 saturated heterocycles. The van der Waals surface area contributed by atoms with Crippen LogP contribution in [-0.4, -0.2) is 37.6 Å². The van der Waals surface area contributed by atoms with E-state index in [9.17, 15) is 0 Å². The lowest BCUT2D eigenvalue weighted by atomic mass is 9.83. The SMILES string of the molecule is CNC(Cc1ccc2c(c1)CCC2)C1(N(C)C)CCCC1. The molecular formula is C19H30N2. The molecule has 0 heterocycles. The van der Waals surface area contributed by atoms with Gasteiger partial charge in [0.15, 0.2) is 0 Å². The van der Waals surface area contributed by atoms with Crippen LogP contribution in [0.4, 0.5) is 0 Å². The molecule has 2 aliphatic rings. The number of nitrogens with zero attached hydrogens (tertiary/aromatic N) is 1. The Balaban J connectivity index is 1.80. The lowest BCUT2D eigenvalue weighted by molar-refractivity contribution is 0.108. The molecule has 0 aliphatic heterocycles. The predicted octanol–water partition coefficient (Wildman–Crippen LogP) is 3.18. The number of likely N-dealkylation sites (N-methyl/N-ethyl adjacent to an activating group) is 2. The summed E-state index contributed by atoms with van der Waals surface area (Å²) >= 11 is 0. The molecule has 116 valence electrons. The number of hydrogen-bond acceptors (Lipinski definition) is 2. The van der Waals surface area contributed by atoms with E-state index in [4.69, 9.17) is 0 Å². The van der Waals surface area contributed by atoms with Crippen LogP contribution in [0.25, 0.3) is 0 Å². The van der Waals surface area contributed by atoms with Crippen LogP contribution >= 0.6 is 0 Å². The van der Waals surface area contributed by atoms with Crippen molar-refractivity contribution >= 4 is 0 Å². The molecule has 1 saturated carbocycles. The number of rotatable bonds is 5. The highest BCUT2D eigenvalue weighted by Crippen LogP contribution is 2.38. The minimum atomic E-state index is 0.341. The van der Waals surface area contributed by atoms with Crippen LogP contribution in [0.15, 0.2) is 18.2 Å². The van der Waals surface area contributed by atoms with E-state index in [1.54, 1.807) is 11.1 Å². The van der Waals surface area contributed by atoms with Gasteiger partial charge in [-0.05, 0) is 76.4 Å². The summed E-state index contributed by atoms with van der Waals surface area (Å²) in [5, 5.41) is 3.64. The summed E-state index contributed by atoms with van der Waals surface area (Å²) in [5.41, 5.74) is 5.05. The molecule has 1 atom stereocenters. The molecule has 1 N–H and O–H groups in total. The van der Waals surface area contributed by atoms with Crippen molar-refractivity contribution in [1.82, 2.24) is 10.2 Å². The van der Waals surface area contributed by atoms with Gasteiger partial charge in [0.2, 0.25) is 0 Å². The highest BCUT2D eigenvalue weighted by molar-refractivity contribution is 5.36. The third-order valence-electron chi connectivity index (χ3n) is 5.96. The fraction of sp³-hybridized carbons (Fsp3) is 0.684. The average Bonchev–Trinajstić information content (AvgIpc) is 3.13. The Hall–Kier alpha value is -0.860. The summed E-state index contributed by atoms with van der Waals surface area (Å²) in [4.78, 5) is 2.48. The normalized spacial score (nSPS) is 21.7. The van der Waals surface area contributed by atoms with Gasteiger partial charge in [-0.15, -0.1) is 0 Å². The molecule has 2 aliphatic carbocycles. The van der Waals surface area contributed by atoms with E-state index in [0.29, 0.717) is 11.6 Å². The zero-order valence-electron chi connectivity index (χ0n) is 13.9. The standard InChI is InChI=1S/C19H30N2/c1-20-18(19(21(2)3)11-4-5-12-19)14-15-9-10-16-7-6-8-17(16)13-15/h9-10,13,18,20H,4-8,11-12,14H2,1-3H3. The molecule has 3 rings (SSSR count). The van der Waals surface area contributed by atoms with Gasteiger partial charge >= 0.3 is 0 Å². The van der Waals surface area contributed by atoms with Crippen molar-refractivity contribution in [3.8, 4) is 0 Å². The van der Waals surface area contributed by atoms with Gasteiger partial charge < -0.3 is 10.2 Å². The van der Waals surface area contributed by atoms with Crippen molar-refractivity contribution in [1.29, 1.82) is 0 Å². The first-order valence-electron chi connectivity index (χ1n) is 8.61.